The van der Waals surface area contributed by atoms with Crippen LogP contribution in [0.25, 0.3) is 5.69 Å². The van der Waals surface area contributed by atoms with Crippen LogP contribution in [-0.4, -0.2) is 14.7 Å². The van der Waals surface area contributed by atoms with E-state index in [1.807, 2.05) is 0 Å². The molecule has 1 aromatic carbocycles. The van der Waals surface area contributed by atoms with E-state index in [-0.39, 0.29) is 11.3 Å². The lowest BCUT2D eigenvalue weighted by atomic mass is 10.2. The molecule has 84 valence electrons. The maximum absolute atomic E-state index is 12.9. The van der Waals surface area contributed by atoms with Crippen LogP contribution in [0.1, 0.15) is 5.56 Å². The summed E-state index contributed by atoms with van der Waals surface area (Å²) >= 11 is 0. The van der Waals surface area contributed by atoms with Crippen LogP contribution in [0.15, 0.2) is 30.6 Å². The predicted octanol–water partition coefficient (Wildman–Crippen LogP) is 1.79. The van der Waals surface area contributed by atoms with Gasteiger partial charge in [-0.05, 0) is 18.2 Å². The van der Waals surface area contributed by atoms with Crippen molar-refractivity contribution in [3.05, 3.63) is 52.1 Å². The first-order valence-corrected chi connectivity index (χ1v) is 4.51. The van der Waals surface area contributed by atoms with Crippen molar-refractivity contribution in [2.24, 2.45) is 0 Å². The molecule has 0 fully saturated rings. The highest BCUT2D eigenvalue weighted by Crippen LogP contribution is 2.17. The maximum atomic E-state index is 12.9. The lowest BCUT2D eigenvalue weighted by Crippen LogP contribution is -1.98. The maximum Gasteiger partial charge on any atom is 0.307 e. The molecule has 6 nitrogen and oxygen atoms in total. The Balaban J connectivity index is 2.53. The van der Waals surface area contributed by atoms with Crippen molar-refractivity contribution in [2.45, 2.75) is 0 Å². The van der Waals surface area contributed by atoms with Crippen molar-refractivity contribution >= 4 is 5.69 Å². The van der Waals surface area contributed by atoms with Gasteiger partial charge in [0.15, 0.2) is 0 Å². The fourth-order valence-corrected chi connectivity index (χ4v) is 1.34. The van der Waals surface area contributed by atoms with Crippen molar-refractivity contribution in [2.75, 3.05) is 0 Å². The predicted molar refractivity (Wildman–Crippen MR) is 54.9 cm³/mol. The second kappa shape index (κ2) is 4.02. The summed E-state index contributed by atoms with van der Waals surface area (Å²) < 4.78 is 14.1. The first kappa shape index (κ1) is 10.8. The molecule has 0 saturated carbocycles. The zero-order valence-corrected chi connectivity index (χ0v) is 8.37. The van der Waals surface area contributed by atoms with Crippen molar-refractivity contribution in [3.8, 4) is 11.8 Å². The van der Waals surface area contributed by atoms with Crippen LogP contribution in [0.4, 0.5) is 10.1 Å². The van der Waals surface area contributed by atoms with Crippen molar-refractivity contribution < 1.29 is 9.31 Å². The normalized spacial score (nSPS) is 9.88. The van der Waals surface area contributed by atoms with Crippen LogP contribution in [0.2, 0.25) is 0 Å². The Hall–Kier alpha value is -2.75. The average Bonchev–Trinajstić information content (AvgIpc) is 2.78. The van der Waals surface area contributed by atoms with Crippen LogP contribution >= 0.6 is 0 Å². The molecule has 17 heavy (non-hydrogen) atoms. The number of rotatable bonds is 2. The Bertz CT molecular complexity index is 629. The molecule has 0 spiro atoms. The van der Waals surface area contributed by atoms with E-state index < -0.39 is 10.7 Å². The number of hydrogen-bond acceptors (Lipinski definition) is 4. The summed E-state index contributed by atoms with van der Waals surface area (Å²) in [6.07, 6.45) is 2.22. The molecule has 0 N–H and O–H groups in total. The van der Waals surface area contributed by atoms with Crippen molar-refractivity contribution in [1.29, 1.82) is 5.26 Å². The third kappa shape index (κ3) is 1.96. The largest absolute Gasteiger partial charge is 0.307 e. The van der Waals surface area contributed by atoms with Gasteiger partial charge in [0.05, 0.1) is 16.2 Å². The van der Waals surface area contributed by atoms with E-state index in [1.165, 1.54) is 6.07 Å². The number of nitriles is 1. The Kier molecular flexibility index (Phi) is 2.54. The van der Waals surface area contributed by atoms with Gasteiger partial charge in [0.1, 0.15) is 24.3 Å². The summed E-state index contributed by atoms with van der Waals surface area (Å²) in [4.78, 5) is 9.88. The molecular formula is C10H5FN4O2. The molecule has 0 aliphatic heterocycles. The first-order valence-electron chi connectivity index (χ1n) is 4.51. The number of nitrogens with zero attached hydrogens (tertiary/aromatic N) is 4. The van der Waals surface area contributed by atoms with E-state index in [4.69, 9.17) is 5.26 Å². The monoisotopic (exact) mass is 232 g/mol. The minimum Gasteiger partial charge on any atom is -0.258 e. The SMILES string of the molecule is N#Cc1cc(F)ccc1-n1cc([N+](=O)[O-])cn1. The van der Waals surface area contributed by atoms with Gasteiger partial charge in [-0.2, -0.15) is 10.4 Å². The van der Waals surface area contributed by atoms with Gasteiger partial charge >= 0.3 is 5.69 Å². The summed E-state index contributed by atoms with van der Waals surface area (Å²) in [6, 6.07) is 5.34. The molecule has 1 aromatic heterocycles. The highest BCUT2D eigenvalue weighted by molar-refractivity contribution is 5.49. The van der Waals surface area contributed by atoms with Gasteiger partial charge in [0.2, 0.25) is 0 Å². The molecule has 1 heterocycles. The number of benzene rings is 1. The van der Waals surface area contributed by atoms with Crippen LogP contribution in [0, 0.1) is 27.3 Å². The van der Waals surface area contributed by atoms with Gasteiger partial charge in [0, 0.05) is 0 Å². The first-order chi connectivity index (χ1) is 8.11. The molecule has 2 rings (SSSR count). The number of halogens is 1. The Morgan fingerprint density at radius 2 is 2.29 bits per heavy atom. The molecule has 0 amide bonds. The molecule has 0 atom stereocenters. The van der Waals surface area contributed by atoms with E-state index in [0.29, 0.717) is 5.69 Å². The van der Waals surface area contributed by atoms with Gasteiger partial charge in [-0.25, -0.2) is 9.07 Å². The lowest BCUT2D eigenvalue weighted by molar-refractivity contribution is -0.384. The summed E-state index contributed by atoms with van der Waals surface area (Å²) in [7, 11) is 0. The number of nitro groups is 1. The van der Waals surface area contributed by atoms with E-state index in [2.05, 4.69) is 5.10 Å². The highest BCUT2D eigenvalue weighted by Gasteiger charge is 2.12. The van der Waals surface area contributed by atoms with Gasteiger partial charge < -0.3 is 0 Å². The summed E-state index contributed by atoms with van der Waals surface area (Å²) in [6.45, 7) is 0. The van der Waals surface area contributed by atoms with Crippen LogP contribution in [0.5, 0.6) is 0 Å². The zero-order chi connectivity index (χ0) is 12.4. The van der Waals surface area contributed by atoms with Crippen LogP contribution < -0.4 is 0 Å². The van der Waals surface area contributed by atoms with Crippen molar-refractivity contribution in [3.63, 3.8) is 0 Å². The molecule has 0 unspecified atom stereocenters. The lowest BCUT2D eigenvalue weighted by Gasteiger charge is -2.02. The summed E-state index contributed by atoms with van der Waals surface area (Å²) in [5.41, 5.74) is 0.156. The molecule has 7 heteroatoms. The van der Waals surface area contributed by atoms with E-state index in [0.717, 1.165) is 29.2 Å². The minimum absolute atomic E-state index is 0.0583. The second-order valence-electron chi connectivity index (χ2n) is 3.17. The molecule has 0 aliphatic carbocycles. The smallest absolute Gasteiger partial charge is 0.258 e. The quantitative estimate of drug-likeness (QED) is 0.583. The van der Waals surface area contributed by atoms with E-state index in [9.17, 15) is 14.5 Å². The van der Waals surface area contributed by atoms with E-state index in [1.54, 1.807) is 6.07 Å². The Morgan fingerprint density at radius 1 is 1.53 bits per heavy atom. The molecule has 0 saturated heterocycles. The average molecular weight is 232 g/mol. The topological polar surface area (TPSA) is 84.8 Å². The molecule has 0 bridgehead atoms. The highest BCUT2D eigenvalue weighted by atomic mass is 19.1. The van der Waals surface area contributed by atoms with Gasteiger partial charge in [0.25, 0.3) is 0 Å². The standard InChI is InChI=1S/C10H5FN4O2/c11-8-1-2-10(7(3-8)4-12)14-6-9(5-13-14)15(16)17/h1-3,5-6H. The molecular weight excluding hydrogens is 227 g/mol. The van der Waals surface area contributed by atoms with Crippen LogP contribution in [0.3, 0.4) is 0 Å². The third-order valence-corrected chi connectivity index (χ3v) is 2.11. The van der Waals surface area contributed by atoms with Gasteiger partial charge in [-0.3, -0.25) is 10.1 Å². The molecule has 2 aromatic rings. The van der Waals surface area contributed by atoms with Crippen molar-refractivity contribution in [1.82, 2.24) is 9.78 Å². The van der Waals surface area contributed by atoms with Gasteiger partial charge in [-0.1, -0.05) is 0 Å². The minimum atomic E-state index is -0.598. The number of aromatic nitrogens is 2. The summed E-state index contributed by atoms with van der Waals surface area (Å²) in [5.74, 6) is -0.549. The second-order valence-corrected chi connectivity index (χ2v) is 3.17. The van der Waals surface area contributed by atoms with E-state index >= 15 is 0 Å². The Morgan fingerprint density at radius 3 is 2.88 bits per heavy atom. The fourth-order valence-electron chi connectivity index (χ4n) is 1.34. The molecule has 0 aliphatic rings. The number of hydrogen-bond donors (Lipinski definition) is 0. The van der Waals surface area contributed by atoms with Crippen LogP contribution in [-0.2, 0) is 0 Å². The summed E-state index contributed by atoms with van der Waals surface area (Å²) in [5, 5.41) is 23.1. The molecule has 0 radical (unpaired) electrons. The van der Waals surface area contributed by atoms with Gasteiger partial charge in [-0.15, -0.1) is 0 Å². The zero-order valence-electron chi connectivity index (χ0n) is 8.37. The Labute approximate surface area is 94.7 Å². The fraction of sp³-hybridized carbons (Fsp3) is 0. The third-order valence-electron chi connectivity index (χ3n) is 2.11.